The number of rotatable bonds is 4. The standard InChI is InChI=1S/C19H21N3O3/c1-25-17-8-12-4-2-3-11(12)7-15(17)19(24)22-14-5-13(6-14)16-9-18(23)21-10-20-16/h7-10,13-14H,2-6H2,1H3,(H,22,24)(H,20,21,23). The molecule has 1 aromatic heterocycles. The van der Waals surface area contributed by atoms with Gasteiger partial charge < -0.3 is 15.0 Å². The molecule has 1 amide bonds. The van der Waals surface area contributed by atoms with Gasteiger partial charge in [0.2, 0.25) is 0 Å². The number of aromatic amines is 1. The molecule has 0 atom stereocenters. The summed E-state index contributed by atoms with van der Waals surface area (Å²) in [5.41, 5.74) is 3.81. The van der Waals surface area contributed by atoms with Gasteiger partial charge in [-0.2, -0.15) is 0 Å². The van der Waals surface area contributed by atoms with Crippen molar-refractivity contribution in [2.75, 3.05) is 7.11 Å². The minimum atomic E-state index is -0.139. The molecule has 1 heterocycles. The molecule has 25 heavy (non-hydrogen) atoms. The Morgan fingerprint density at radius 1 is 1.24 bits per heavy atom. The number of methoxy groups -OCH3 is 1. The highest BCUT2D eigenvalue weighted by molar-refractivity contribution is 5.97. The van der Waals surface area contributed by atoms with Crippen LogP contribution in [0.3, 0.4) is 0 Å². The molecule has 0 bridgehead atoms. The van der Waals surface area contributed by atoms with E-state index in [1.165, 1.54) is 23.5 Å². The summed E-state index contributed by atoms with van der Waals surface area (Å²) < 4.78 is 5.42. The summed E-state index contributed by atoms with van der Waals surface area (Å²) in [7, 11) is 1.60. The first kappa shape index (κ1) is 15.9. The molecule has 0 aliphatic heterocycles. The quantitative estimate of drug-likeness (QED) is 0.892. The molecule has 2 aromatic rings. The number of hydrogen-bond acceptors (Lipinski definition) is 4. The predicted octanol–water partition coefficient (Wildman–Crippen LogP) is 1.94. The van der Waals surface area contributed by atoms with Gasteiger partial charge in [-0.25, -0.2) is 4.98 Å². The van der Waals surface area contributed by atoms with Crippen LogP contribution in [-0.4, -0.2) is 29.0 Å². The lowest BCUT2D eigenvalue weighted by Crippen LogP contribution is -2.43. The van der Waals surface area contributed by atoms with E-state index in [-0.39, 0.29) is 23.4 Å². The van der Waals surface area contributed by atoms with Crippen molar-refractivity contribution in [2.45, 2.75) is 44.1 Å². The zero-order valence-electron chi connectivity index (χ0n) is 14.2. The number of carbonyl (C=O) groups excluding carboxylic acids is 1. The van der Waals surface area contributed by atoms with Crippen LogP contribution < -0.4 is 15.6 Å². The van der Waals surface area contributed by atoms with Crippen LogP contribution in [0, 0.1) is 0 Å². The lowest BCUT2D eigenvalue weighted by molar-refractivity contribution is 0.0905. The highest BCUT2D eigenvalue weighted by Gasteiger charge is 2.33. The molecule has 0 saturated heterocycles. The summed E-state index contributed by atoms with van der Waals surface area (Å²) in [6.45, 7) is 0. The number of fused-ring (bicyclic) bond motifs is 1. The second-order valence-electron chi connectivity index (χ2n) is 6.85. The Balaban J connectivity index is 1.43. The number of ether oxygens (including phenoxy) is 1. The average molecular weight is 339 g/mol. The smallest absolute Gasteiger partial charge is 0.255 e. The van der Waals surface area contributed by atoms with E-state index < -0.39 is 0 Å². The van der Waals surface area contributed by atoms with E-state index in [0.29, 0.717) is 11.3 Å². The molecular formula is C19H21N3O3. The summed E-state index contributed by atoms with van der Waals surface area (Å²) in [6.07, 6.45) is 6.25. The van der Waals surface area contributed by atoms with Gasteiger partial charge in [-0.3, -0.25) is 9.59 Å². The van der Waals surface area contributed by atoms with Gasteiger partial charge in [0.05, 0.1) is 24.7 Å². The number of nitrogens with one attached hydrogen (secondary N) is 2. The van der Waals surface area contributed by atoms with Gasteiger partial charge in [-0.15, -0.1) is 0 Å². The molecule has 2 aliphatic carbocycles. The molecule has 1 saturated carbocycles. The monoisotopic (exact) mass is 339 g/mol. The van der Waals surface area contributed by atoms with Crippen molar-refractivity contribution in [3.8, 4) is 5.75 Å². The molecule has 6 heteroatoms. The summed E-state index contributed by atoms with van der Waals surface area (Å²) >= 11 is 0. The minimum absolute atomic E-state index is 0.0890. The number of benzene rings is 1. The third-order valence-electron chi connectivity index (χ3n) is 5.25. The molecule has 1 fully saturated rings. The highest BCUT2D eigenvalue weighted by atomic mass is 16.5. The predicted molar refractivity (Wildman–Crippen MR) is 93.1 cm³/mol. The van der Waals surface area contributed by atoms with Crippen molar-refractivity contribution in [1.82, 2.24) is 15.3 Å². The first-order valence-corrected chi connectivity index (χ1v) is 8.69. The molecule has 2 aliphatic rings. The Bertz CT molecular complexity index is 868. The Hall–Kier alpha value is -2.63. The fourth-order valence-corrected chi connectivity index (χ4v) is 3.80. The van der Waals surface area contributed by atoms with E-state index in [1.807, 2.05) is 12.1 Å². The van der Waals surface area contributed by atoms with E-state index >= 15 is 0 Å². The Labute approximate surface area is 145 Å². The normalized spacial score (nSPS) is 21.3. The second-order valence-corrected chi connectivity index (χ2v) is 6.85. The third-order valence-corrected chi connectivity index (χ3v) is 5.25. The maximum absolute atomic E-state index is 12.7. The van der Waals surface area contributed by atoms with Crippen LogP contribution in [0.5, 0.6) is 5.75 Å². The fraction of sp³-hybridized carbons (Fsp3) is 0.421. The van der Waals surface area contributed by atoms with Gasteiger partial charge in [-0.1, -0.05) is 0 Å². The maximum Gasteiger partial charge on any atom is 0.255 e. The molecular weight excluding hydrogens is 318 g/mol. The molecule has 1 aromatic carbocycles. The van der Waals surface area contributed by atoms with Crippen molar-refractivity contribution < 1.29 is 9.53 Å². The summed E-state index contributed by atoms with van der Waals surface area (Å²) in [6, 6.07) is 5.62. The average Bonchev–Trinajstić information content (AvgIpc) is 3.03. The molecule has 6 nitrogen and oxygen atoms in total. The van der Waals surface area contributed by atoms with Gasteiger partial charge in [-0.05, 0) is 55.4 Å². The van der Waals surface area contributed by atoms with Crippen molar-refractivity contribution in [3.63, 3.8) is 0 Å². The first-order chi connectivity index (χ1) is 12.1. The van der Waals surface area contributed by atoms with Crippen LogP contribution in [0.25, 0.3) is 0 Å². The largest absolute Gasteiger partial charge is 0.496 e. The molecule has 130 valence electrons. The number of carbonyl (C=O) groups is 1. The topological polar surface area (TPSA) is 84.1 Å². The highest BCUT2D eigenvalue weighted by Crippen LogP contribution is 2.36. The van der Waals surface area contributed by atoms with Gasteiger partial charge in [0, 0.05) is 18.0 Å². The number of hydrogen-bond donors (Lipinski definition) is 2. The Morgan fingerprint density at radius 2 is 2.00 bits per heavy atom. The number of nitrogens with zero attached hydrogens (tertiary/aromatic N) is 1. The first-order valence-electron chi connectivity index (χ1n) is 8.69. The van der Waals surface area contributed by atoms with Crippen molar-refractivity contribution in [3.05, 3.63) is 57.3 Å². The zero-order valence-corrected chi connectivity index (χ0v) is 14.2. The summed E-state index contributed by atoms with van der Waals surface area (Å²) in [4.78, 5) is 30.8. The van der Waals surface area contributed by atoms with E-state index in [9.17, 15) is 9.59 Å². The van der Waals surface area contributed by atoms with E-state index in [0.717, 1.165) is 37.8 Å². The van der Waals surface area contributed by atoms with Crippen molar-refractivity contribution in [1.29, 1.82) is 0 Å². The second kappa shape index (κ2) is 6.35. The SMILES string of the molecule is COc1cc2c(cc1C(=O)NC1CC(c3cc(=O)[nH]cn3)C1)CCC2. The molecule has 4 rings (SSSR count). The van der Waals surface area contributed by atoms with Crippen molar-refractivity contribution in [2.24, 2.45) is 0 Å². The van der Waals surface area contributed by atoms with Crippen LogP contribution in [-0.2, 0) is 12.8 Å². The van der Waals surface area contributed by atoms with Crippen LogP contribution in [0.4, 0.5) is 0 Å². The van der Waals surface area contributed by atoms with Gasteiger partial charge in [0.1, 0.15) is 5.75 Å². The van der Waals surface area contributed by atoms with E-state index in [2.05, 4.69) is 15.3 Å². The molecule has 0 unspecified atom stereocenters. The van der Waals surface area contributed by atoms with Crippen LogP contribution in [0.2, 0.25) is 0 Å². The Kier molecular flexibility index (Phi) is 4.03. The van der Waals surface area contributed by atoms with Crippen LogP contribution in [0.1, 0.15) is 52.4 Å². The van der Waals surface area contributed by atoms with Crippen LogP contribution in [0.15, 0.2) is 29.3 Å². The third kappa shape index (κ3) is 3.04. The number of aryl methyl sites for hydroxylation is 2. The molecule has 0 radical (unpaired) electrons. The molecule has 2 N–H and O–H groups in total. The van der Waals surface area contributed by atoms with Gasteiger partial charge in [0.25, 0.3) is 11.5 Å². The summed E-state index contributed by atoms with van der Waals surface area (Å²) in [5.74, 6) is 0.786. The number of aromatic nitrogens is 2. The zero-order chi connectivity index (χ0) is 17.4. The van der Waals surface area contributed by atoms with E-state index in [4.69, 9.17) is 4.74 Å². The van der Waals surface area contributed by atoms with Gasteiger partial charge >= 0.3 is 0 Å². The van der Waals surface area contributed by atoms with E-state index in [1.54, 1.807) is 7.11 Å². The number of H-pyrrole nitrogens is 1. The lowest BCUT2D eigenvalue weighted by Gasteiger charge is -2.35. The van der Waals surface area contributed by atoms with Crippen LogP contribution >= 0.6 is 0 Å². The molecule has 0 spiro atoms. The van der Waals surface area contributed by atoms with Crippen molar-refractivity contribution >= 4 is 5.91 Å². The minimum Gasteiger partial charge on any atom is -0.496 e. The number of amides is 1. The van der Waals surface area contributed by atoms with Gasteiger partial charge in [0.15, 0.2) is 0 Å². The maximum atomic E-state index is 12.7. The summed E-state index contributed by atoms with van der Waals surface area (Å²) in [5, 5.41) is 3.08. The Morgan fingerprint density at radius 3 is 2.72 bits per heavy atom. The lowest BCUT2D eigenvalue weighted by atomic mass is 9.78. The fourth-order valence-electron chi connectivity index (χ4n) is 3.80.